The molecule has 0 bridgehead atoms. The molecule has 6 rings (SSSR count). The molecule has 20 heteroatoms. The molecule has 2 amide bonds. The molecule has 0 saturated carbocycles. The Labute approximate surface area is 339 Å². The molecule has 1 aliphatic carbocycles. The zero-order valence-electron chi connectivity index (χ0n) is 33.6. The summed E-state index contributed by atoms with van der Waals surface area (Å²) in [5.74, 6) is -3.18. The van der Waals surface area contributed by atoms with Gasteiger partial charge in [-0.2, -0.15) is 8.42 Å². The predicted octanol–water partition coefficient (Wildman–Crippen LogP) is 1.62. The van der Waals surface area contributed by atoms with Gasteiger partial charge in [0.05, 0.1) is 53.8 Å². The number of nitrogens with zero attached hydrogens (tertiary/aromatic N) is 3. The normalized spacial score (nSPS) is 18.8. The van der Waals surface area contributed by atoms with Crippen molar-refractivity contribution in [1.29, 1.82) is 0 Å². The van der Waals surface area contributed by atoms with Crippen LogP contribution in [0, 0.1) is 12.7 Å². The van der Waals surface area contributed by atoms with Crippen molar-refractivity contribution in [3.63, 3.8) is 0 Å². The van der Waals surface area contributed by atoms with Crippen molar-refractivity contribution in [1.82, 2.24) is 25.1 Å². The molecule has 0 radical (unpaired) electrons. The van der Waals surface area contributed by atoms with Crippen molar-refractivity contribution >= 4 is 45.1 Å². The Bertz CT molecular complexity index is 2400. The summed E-state index contributed by atoms with van der Waals surface area (Å²) in [5.41, 5.74) is 0.405. The highest BCUT2D eigenvalue weighted by Gasteiger charge is 2.46. The van der Waals surface area contributed by atoms with Crippen molar-refractivity contribution in [2.45, 2.75) is 97.2 Å². The number of aryl methyl sites for hydroxylation is 1. The highest BCUT2D eigenvalue weighted by molar-refractivity contribution is 7.80. The second-order valence-electron chi connectivity index (χ2n) is 15.9. The number of hydrogen-bond acceptors (Lipinski definition) is 14. The molecule has 2 aromatic heterocycles. The van der Waals surface area contributed by atoms with Crippen LogP contribution >= 0.6 is 0 Å². The van der Waals surface area contributed by atoms with Crippen molar-refractivity contribution in [3.05, 3.63) is 61.7 Å². The van der Waals surface area contributed by atoms with Gasteiger partial charge in [0.2, 0.25) is 11.8 Å². The molecule has 59 heavy (non-hydrogen) atoms. The predicted molar refractivity (Wildman–Crippen MR) is 207 cm³/mol. The number of aliphatic hydroxyl groups is 1. The molecule has 320 valence electrons. The van der Waals surface area contributed by atoms with Crippen LogP contribution in [0.15, 0.2) is 16.9 Å². The number of amides is 2. The maximum atomic E-state index is 15.4. The van der Waals surface area contributed by atoms with Crippen LogP contribution in [0.5, 0.6) is 0 Å². The molecule has 4 heterocycles. The van der Waals surface area contributed by atoms with Crippen molar-refractivity contribution < 1.29 is 60.0 Å². The molecule has 0 unspecified atom stereocenters. The molecule has 2 aliphatic heterocycles. The van der Waals surface area contributed by atoms with Gasteiger partial charge in [-0.15, -0.1) is 0 Å². The molecule has 3 aromatic rings. The summed E-state index contributed by atoms with van der Waals surface area (Å²) in [5, 5.41) is 17.5. The highest BCUT2D eigenvalue weighted by atomic mass is 32.3. The Balaban J connectivity index is 1.25. The summed E-state index contributed by atoms with van der Waals surface area (Å²) < 4.78 is 68.9. The SMILES string of the molecule is CC[C@@]1(O)C(=O)OCc2c1cc1n(c2=O)Cc2c-1nc1cc(F)c(C)c3c1c2[C@H](NC(=O)CN(CCOC(=O)[C@H](C)NC(=O)COC(C)(C)C)CCOS(=O)(=O)O)CC3. The lowest BCUT2D eigenvalue weighted by molar-refractivity contribution is -0.172. The summed E-state index contributed by atoms with van der Waals surface area (Å²) in [6, 6.07) is 1.15. The van der Waals surface area contributed by atoms with Gasteiger partial charge in [-0.25, -0.2) is 23.1 Å². The lowest BCUT2D eigenvalue weighted by atomic mass is 9.81. The van der Waals surface area contributed by atoms with Gasteiger partial charge in [0.1, 0.15) is 31.7 Å². The molecule has 4 N–H and O–H groups in total. The fraction of sp³-hybridized carbons (Fsp3) is 0.538. The number of cyclic esters (lactones) is 1. The number of carbonyl (C=O) groups excluding carboxylic acids is 4. The van der Waals surface area contributed by atoms with E-state index in [0.717, 1.165) is 0 Å². The summed E-state index contributed by atoms with van der Waals surface area (Å²) in [6.07, 6.45) is 0.656. The Morgan fingerprint density at radius 2 is 1.85 bits per heavy atom. The first-order valence-corrected chi connectivity index (χ1v) is 20.5. The highest BCUT2D eigenvalue weighted by Crippen LogP contribution is 2.46. The van der Waals surface area contributed by atoms with E-state index in [1.165, 1.54) is 22.5 Å². The summed E-state index contributed by atoms with van der Waals surface area (Å²) in [7, 11) is -4.80. The first kappa shape index (κ1) is 43.7. The summed E-state index contributed by atoms with van der Waals surface area (Å²) >= 11 is 0. The first-order valence-electron chi connectivity index (χ1n) is 19.2. The van der Waals surface area contributed by atoms with Crippen LogP contribution in [0.2, 0.25) is 0 Å². The Kier molecular flexibility index (Phi) is 12.3. The van der Waals surface area contributed by atoms with Crippen LogP contribution in [-0.2, 0) is 73.1 Å². The van der Waals surface area contributed by atoms with Crippen LogP contribution in [0.4, 0.5) is 4.39 Å². The van der Waals surface area contributed by atoms with E-state index in [1.807, 2.05) is 0 Å². The zero-order valence-corrected chi connectivity index (χ0v) is 34.4. The number of aromatic nitrogens is 2. The number of benzene rings is 1. The number of hydrogen-bond donors (Lipinski definition) is 4. The Morgan fingerprint density at radius 1 is 1.14 bits per heavy atom. The average Bonchev–Trinajstić information content (AvgIpc) is 3.52. The van der Waals surface area contributed by atoms with Crippen LogP contribution in [0.1, 0.15) is 86.9 Å². The van der Waals surface area contributed by atoms with Crippen LogP contribution in [0.3, 0.4) is 0 Å². The van der Waals surface area contributed by atoms with E-state index in [0.29, 0.717) is 51.9 Å². The van der Waals surface area contributed by atoms with E-state index in [4.69, 9.17) is 23.7 Å². The molecule has 0 spiro atoms. The molecule has 3 aliphatic rings. The standard InChI is InChI=1S/C39H48FN5O13S/c1-7-39(51)25-14-29-34-23(16-45(29)35(48)24(25)18-56-37(39)50)33-27(9-8-22-20(2)26(40)15-28(43-34)32(22)33)42-30(46)17-44(11-13-58-59(52,53)54)10-12-55-36(49)21(3)41-31(47)19-57-38(4,5)6/h14-15,21,27,51H,7-13,16-19H2,1-6H3,(H,41,47)(H,42,46)(H,52,53,54)/t21-,27+,39-/m0/s1. The third-order valence-corrected chi connectivity index (χ3v) is 11.2. The zero-order chi connectivity index (χ0) is 43.2. The lowest BCUT2D eigenvalue weighted by Gasteiger charge is -2.31. The van der Waals surface area contributed by atoms with E-state index in [1.54, 1.807) is 40.7 Å². The van der Waals surface area contributed by atoms with Crippen molar-refractivity contribution in [3.8, 4) is 11.4 Å². The topological polar surface area (TPSA) is 242 Å². The third kappa shape index (κ3) is 9.17. The summed E-state index contributed by atoms with van der Waals surface area (Å²) in [6.45, 7) is 8.00. The van der Waals surface area contributed by atoms with Gasteiger partial charge in [0, 0.05) is 35.7 Å². The van der Waals surface area contributed by atoms with Gasteiger partial charge in [0.25, 0.3) is 5.56 Å². The van der Waals surface area contributed by atoms with E-state index >= 15 is 4.39 Å². The van der Waals surface area contributed by atoms with Gasteiger partial charge >= 0.3 is 22.3 Å². The van der Waals surface area contributed by atoms with E-state index in [-0.39, 0.29) is 69.1 Å². The number of carbonyl (C=O) groups is 4. The molecule has 3 atom stereocenters. The number of rotatable bonds is 15. The number of ether oxygens (including phenoxy) is 3. The second-order valence-corrected chi connectivity index (χ2v) is 16.9. The number of esters is 2. The first-order chi connectivity index (χ1) is 27.6. The molecule has 0 saturated heterocycles. The number of halogens is 1. The van der Waals surface area contributed by atoms with Gasteiger partial charge in [0.15, 0.2) is 5.60 Å². The average molecular weight is 846 g/mol. The Morgan fingerprint density at radius 3 is 2.53 bits per heavy atom. The number of fused-ring (bicyclic) bond motifs is 5. The van der Waals surface area contributed by atoms with Crippen LogP contribution in [0.25, 0.3) is 22.3 Å². The minimum atomic E-state index is -4.80. The van der Waals surface area contributed by atoms with Gasteiger partial charge in [-0.3, -0.25) is 23.8 Å². The fourth-order valence-electron chi connectivity index (χ4n) is 7.71. The third-order valence-electron chi connectivity index (χ3n) is 10.7. The fourth-order valence-corrected chi connectivity index (χ4v) is 7.99. The van der Waals surface area contributed by atoms with Crippen LogP contribution < -0.4 is 16.2 Å². The van der Waals surface area contributed by atoms with Gasteiger partial charge in [-0.05, 0) is 76.6 Å². The van der Waals surface area contributed by atoms with E-state index in [2.05, 4.69) is 14.8 Å². The minimum absolute atomic E-state index is 0.0305. The van der Waals surface area contributed by atoms with Crippen molar-refractivity contribution in [2.24, 2.45) is 0 Å². The maximum Gasteiger partial charge on any atom is 0.397 e. The maximum absolute atomic E-state index is 15.4. The molecular weight excluding hydrogens is 798 g/mol. The minimum Gasteiger partial charge on any atom is -0.463 e. The summed E-state index contributed by atoms with van der Waals surface area (Å²) in [4.78, 5) is 71.6. The molecular formula is C39H48FN5O13S. The van der Waals surface area contributed by atoms with E-state index < -0.39 is 75.4 Å². The van der Waals surface area contributed by atoms with Gasteiger partial charge < -0.3 is 34.5 Å². The number of nitrogens with one attached hydrogen (secondary N) is 2. The Hall–Kier alpha value is -4.86. The van der Waals surface area contributed by atoms with Crippen LogP contribution in [-0.4, -0.2) is 107 Å². The van der Waals surface area contributed by atoms with E-state index in [9.17, 15) is 37.5 Å². The van der Waals surface area contributed by atoms with Crippen molar-refractivity contribution in [2.75, 3.05) is 39.5 Å². The molecule has 0 fully saturated rings. The molecule has 18 nitrogen and oxygen atoms in total. The molecule has 1 aromatic carbocycles. The monoisotopic (exact) mass is 845 g/mol. The second kappa shape index (κ2) is 16.7. The smallest absolute Gasteiger partial charge is 0.397 e. The van der Waals surface area contributed by atoms with Gasteiger partial charge in [-0.1, -0.05) is 6.92 Å². The quantitative estimate of drug-likeness (QED) is 0.0982. The largest absolute Gasteiger partial charge is 0.463 e. The number of pyridine rings is 2. The lowest BCUT2D eigenvalue weighted by Crippen LogP contribution is -2.44.